The van der Waals surface area contributed by atoms with Crippen LogP contribution in [-0.4, -0.2) is 36.3 Å². The fourth-order valence-corrected chi connectivity index (χ4v) is 0.707. The van der Waals surface area contributed by atoms with Crippen molar-refractivity contribution in [1.29, 1.82) is 0 Å². The third kappa shape index (κ3) is 6.22. The van der Waals surface area contributed by atoms with Crippen molar-refractivity contribution in [3.63, 3.8) is 0 Å². The summed E-state index contributed by atoms with van der Waals surface area (Å²) in [6, 6.07) is 0. The first-order valence-corrected chi connectivity index (χ1v) is 4.44. The fourth-order valence-electron chi connectivity index (χ4n) is 0.707. The third-order valence-corrected chi connectivity index (χ3v) is 1.32. The number of nitrogens with zero attached hydrogens (tertiary/aromatic N) is 1. The van der Waals surface area contributed by atoms with E-state index in [1.807, 2.05) is 20.8 Å². The molecule has 0 aliphatic rings. The maximum Gasteiger partial charge on any atom is 0.246 e. The second-order valence-corrected chi connectivity index (χ2v) is 4.31. The lowest BCUT2D eigenvalue weighted by atomic mass is 10.1. The number of hydrogen-bond donors (Lipinski definition) is 1. The normalized spacial score (nSPS) is 11.5. The second-order valence-electron chi connectivity index (χ2n) is 4.31. The Morgan fingerprint density at radius 1 is 1.14 bits per heavy atom. The van der Waals surface area contributed by atoms with Gasteiger partial charge in [0.1, 0.15) is 0 Å². The Balaban J connectivity index is 4.14. The zero-order valence-electron chi connectivity index (χ0n) is 9.42. The SMILES string of the molecule is CN(C)C(=O)C=CC(=O)NC(C)(C)C. The van der Waals surface area contributed by atoms with Gasteiger partial charge in [0.15, 0.2) is 0 Å². The Morgan fingerprint density at radius 2 is 1.64 bits per heavy atom. The van der Waals surface area contributed by atoms with Crippen molar-refractivity contribution in [2.24, 2.45) is 0 Å². The molecule has 0 radical (unpaired) electrons. The lowest BCUT2D eigenvalue weighted by Gasteiger charge is -2.19. The number of amides is 2. The molecule has 0 aliphatic heterocycles. The summed E-state index contributed by atoms with van der Waals surface area (Å²) in [6.45, 7) is 5.64. The molecule has 0 aromatic carbocycles. The summed E-state index contributed by atoms with van der Waals surface area (Å²) in [5, 5.41) is 2.72. The number of rotatable bonds is 2. The number of carbonyl (C=O) groups excluding carboxylic acids is 2. The lowest BCUT2D eigenvalue weighted by Crippen LogP contribution is -2.39. The smallest absolute Gasteiger partial charge is 0.246 e. The first kappa shape index (κ1) is 12.7. The van der Waals surface area contributed by atoms with Crippen molar-refractivity contribution in [3.8, 4) is 0 Å². The molecule has 0 aromatic rings. The van der Waals surface area contributed by atoms with E-state index in [1.165, 1.54) is 17.1 Å². The van der Waals surface area contributed by atoms with Gasteiger partial charge in [-0.25, -0.2) is 0 Å². The van der Waals surface area contributed by atoms with E-state index in [1.54, 1.807) is 14.1 Å². The number of carbonyl (C=O) groups is 2. The van der Waals surface area contributed by atoms with Gasteiger partial charge in [-0.3, -0.25) is 9.59 Å². The summed E-state index contributed by atoms with van der Waals surface area (Å²) in [6.07, 6.45) is 2.49. The van der Waals surface area contributed by atoms with Gasteiger partial charge >= 0.3 is 0 Å². The van der Waals surface area contributed by atoms with E-state index in [2.05, 4.69) is 5.32 Å². The predicted octanol–water partition coefficient (Wildman–Crippen LogP) is 0.545. The molecular formula is C10H18N2O2. The van der Waals surface area contributed by atoms with Gasteiger partial charge in [-0.15, -0.1) is 0 Å². The standard InChI is InChI=1S/C10H18N2O2/c1-10(2,3)11-8(13)6-7-9(14)12(4)5/h6-7H,1-5H3,(H,11,13). The van der Waals surface area contributed by atoms with Crippen LogP contribution >= 0.6 is 0 Å². The first-order chi connectivity index (χ1) is 6.22. The highest BCUT2D eigenvalue weighted by Crippen LogP contribution is 1.97. The van der Waals surface area contributed by atoms with Gasteiger partial charge in [-0.2, -0.15) is 0 Å². The molecule has 14 heavy (non-hydrogen) atoms. The van der Waals surface area contributed by atoms with Crippen LogP contribution in [-0.2, 0) is 9.59 Å². The molecule has 0 saturated heterocycles. The van der Waals surface area contributed by atoms with E-state index in [0.29, 0.717) is 0 Å². The van der Waals surface area contributed by atoms with Crippen LogP contribution < -0.4 is 5.32 Å². The molecular weight excluding hydrogens is 180 g/mol. The molecule has 0 aromatic heterocycles. The summed E-state index contributed by atoms with van der Waals surface area (Å²) < 4.78 is 0. The van der Waals surface area contributed by atoms with Crippen molar-refractivity contribution in [2.45, 2.75) is 26.3 Å². The highest BCUT2D eigenvalue weighted by atomic mass is 16.2. The van der Waals surface area contributed by atoms with Crippen LogP contribution in [0.3, 0.4) is 0 Å². The summed E-state index contributed by atoms with van der Waals surface area (Å²) in [5.41, 5.74) is -0.275. The summed E-state index contributed by atoms with van der Waals surface area (Å²) in [7, 11) is 3.27. The maximum absolute atomic E-state index is 11.2. The fraction of sp³-hybridized carbons (Fsp3) is 0.600. The molecule has 0 fully saturated rings. The van der Waals surface area contributed by atoms with Gasteiger partial charge < -0.3 is 10.2 Å². The second kappa shape index (κ2) is 4.79. The molecule has 0 heterocycles. The van der Waals surface area contributed by atoms with Gasteiger partial charge in [-0.05, 0) is 20.8 Å². The van der Waals surface area contributed by atoms with Crippen molar-refractivity contribution >= 4 is 11.8 Å². The van der Waals surface area contributed by atoms with Crippen LogP contribution in [0.15, 0.2) is 12.2 Å². The average molecular weight is 198 g/mol. The first-order valence-electron chi connectivity index (χ1n) is 4.44. The van der Waals surface area contributed by atoms with E-state index in [4.69, 9.17) is 0 Å². The quantitative estimate of drug-likeness (QED) is 0.659. The lowest BCUT2D eigenvalue weighted by molar-refractivity contribution is -0.124. The van der Waals surface area contributed by atoms with Crippen molar-refractivity contribution < 1.29 is 9.59 Å². The third-order valence-electron chi connectivity index (χ3n) is 1.32. The van der Waals surface area contributed by atoms with Crippen molar-refractivity contribution in [1.82, 2.24) is 10.2 Å². The van der Waals surface area contributed by atoms with Crippen molar-refractivity contribution in [2.75, 3.05) is 14.1 Å². The zero-order valence-corrected chi connectivity index (χ0v) is 9.42. The largest absolute Gasteiger partial charge is 0.348 e. The Bertz CT molecular complexity index is 249. The molecule has 0 atom stereocenters. The Labute approximate surface area is 85.0 Å². The minimum absolute atomic E-state index is 0.200. The van der Waals surface area contributed by atoms with Crippen LogP contribution in [0.5, 0.6) is 0 Å². The van der Waals surface area contributed by atoms with Crippen LogP contribution in [0.25, 0.3) is 0 Å². The van der Waals surface area contributed by atoms with E-state index in [9.17, 15) is 9.59 Å². The van der Waals surface area contributed by atoms with Crippen LogP contribution in [0.4, 0.5) is 0 Å². The maximum atomic E-state index is 11.2. The summed E-state index contributed by atoms with van der Waals surface area (Å²) >= 11 is 0. The topological polar surface area (TPSA) is 49.4 Å². The molecule has 4 nitrogen and oxygen atoms in total. The Kier molecular flexibility index (Phi) is 4.34. The van der Waals surface area contributed by atoms with E-state index >= 15 is 0 Å². The predicted molar refractivity (Wildman–Crippen MR) is 55.7 cm³/mol. The van der Waals surface area contributed by atoms with Gasteiger partial charge in [0.2, 0.25) is 11.8 Å². The van der Waals surface area contributed by atoms with E-state index in [0.717, 1.165) is 0 Å². The molecule has 0 rings (SSSR count). The minimum Gasteiger partial charge on any atom is -0.348 e. The van der Waals surface area contributed by atoms with Gasteiger partial charge in [0, 0.05) is 31.8 Å². The zero-order chi connectivity index (χ0) is 11.4. The van der Waals surface area contributed by atoms with Crippen LogP contribution in [0.2, 0.25) is 0 Å². The van der Waals surface area contributed by atoms with Crippen LogP contribution in [0, 0.1) is 0 Å². The Hall–Kier alpha value is -1.32. The van der Waals surface area contributed by atoms with Crippen molar-refractivity contribution in [3.05, 3.63) is 12.2 Å². The highest BCUT2D eigenvalue weighted by molar-refractivity contribution is 5.96. The molecule has 1 N–H and O–H groups in total. The monoisotopic (exact) mass is 198 g/mol. The number of hydrogen-bond acceptors (Lipinski definition) is 2. The van der Waals surface area contributed by atoms with Crippen LogP contribution in [0.1, 0.15) is 20.8 Å². The highest BCUT2D eigenvalue weighted by Gasteiger charge is 2.11. The molecule has 4 heteroatoms. The van der Waals surface area contributed by atoms with Gasteiger partial charge in [-0.1, -0.05) is 0 Å². The molecule has 80 valence electrons. The molecule has 0 saturated carbocycles. The average Bonchev–Trinajstić information content (AvgIpc) is 1.96. The molecule has 0 unspecified atom stereocenters. The number of likely N-dealkylation sites (N-methyl/N-ethyl adjacent to an activating group) is 1. The van der Waals surface area contributed by atoms with Gasteiger partial charge in [0.05, 0.1) is 0 Å². The molecule has 0 aliphatic carbocycles. The van der Waals surface area contributed by atoms with E-state index < -0.39 is 0 Å². The Morgan fingerprint density at radius 3 is 2.00 bits per heavy atom. The summed E-state index contributed by atoms with van der Waals surface area (Å²) in [4.78, 5) is 23.7. The molecule has 0 bridgehead atoms. The number of nitrogens with one attached hydrogen (secondary N) is 1. The summed E-state index contributed by atoms with van der Waals surface area (Å²) in [5.74, 6) is -0.457. The van der Waals surface area contributed by atoms with Gasteiger partial charge in [0.25, 0.3) is 0 Å². The van der Waals surface area contributed by atoms with E-state index in [-0.39, 0.29) is 17.4 Å². The minimum atomic E-state index is -0.275. The molecule has 2 amide bonds. The molecule has 0 spiro atoms.